The van der Waals surface area contributed by atoms with Gasteiger partial charge in [0.25, 0.3) is 0 Å². The molecule has 0 bridgehead atoms. The molecule has 2 heterocycles. The van der Waals surface area contributed by atoms with Gasteiger partial charge < -0.3 is 4.74 Å². The number of hydrogen-bond acceptors (Lipinski definition) is 5. The van der Waals surface area contributed by atoms with E-state index in [1.54, 1.807) is 30.1 Å². The predicted octanol–water partition coefficient (Wildman–Crippen LogP) is 5.06. The van der Waals surface area contributed by atoms with Gasteiger partial charge in [0, 0.05) is 16.0 Å². The van der Waals surface area contributed by atoms with Crippen molar-refractivity contribution in [3.63, 3.8) is 0 Å². The first-order valence-electron chi connectivity index (χ1n) is 11.5. The highest BCUT2D eigenvalue weighted by Crippen LogP contribution is 2.43. The zero-order chi connectivity index (χ0) is 23.0. The fraction of sp³-hybridized carbons (Fsp3) is 0.500. The lowest BCUT2D eigenvalue weighted by Crippen LogP contribution is -2.45. The van der Waals surface area contributed by atoms with Gasteiger partial charge in [-0.05, 0) is 56.1 Å². The Bertz CT molecular complexity index is 1060. The summed E-state index contributed by atoms with van der Waals surface area (Å²) in [7, 11) is 0. The maximum atomic E-state index is 13.2. The van der Waals surface area contributed by atoms with Crippen LogP contribution in [0, 0.1) is 0 Å². The molecule has 170 valence electrons. The van der Waals surface area contributed by atoms with Gasteiger partial charge in [0.2, 0.25) is 5.91 Å². The Balaban J connectivity index is 1.84. The first-order chi connectivity index (χ1) is 15.2. The summed E-state index contributed by atoms with van der Waals surface area (Å²) < 4.78 is 5.25. The fourth-order valence-electron chi connectivity index (χ4n) is 4.50. The van der Waals surface area contributed by atoms with Crippen molar-refractivity contribution in [3.8, 4) is 0 Å². The minimum Gasteiger partial charge on any atom is -0.464 e. The lowest BCUT2D eigenvalue weighted by molar-refractivity contribution is -0.145. The number of amides is 1. The second kappa shape index (κ2) is 8.81. The van der Waals surface area contributed by atoms with E-state index in [2.05, 4.69) is 45.0 Å². The van der Waals surface area contributed by atoms with Crippen molar-refractivity contribution in [3.05, 3.63) is 51.4 Å². The summed E-state index contributed by atoms with van der Waals surface area (Å²) in [5.74, 6) is -0.539. The topological polar surface area (TPSA) is 59.0 Å². The molecule has 0 radical (unpaired) electrons. The maximum absolute atomic E-state index is 13.2. The minimum absolute atomic E-state index is 0.0241. The fourth-order valence-corrected chi connectivity index (χ4v) is 5.99. The van der Waals surface area contributed by atoms with E-state index in [9.17, 15) is 9.59 Å². The largest absolute Gasteiger partial charge is 0.464 e. The van der Waals surface area contributed by atoms with Crippen molar-refractivity contribution < 1.29 is 14.3 Å². The van der Waals surface area contributed by atoms with E-state index in [1.165, 1.54) is 16.0 Å². The molecule has 1 aromatic carbocycles. The average molecular weight is 453 g/mol. The molecule has 1 aliphatic heterocycles. The van der Waals surface area contributed by atoms with E-state index in [0.29, 0.717) is 6.61 Å². The Hall–Kier alpha value is -2.47. The number of thiophene rings is 1. The number of nitrogens with zero attached hydrogens (tertiary/aromatic N) is 2. The van der Waals surface area contributed by atoms with Crippen molar-refractivity contribution in [1.29, 1.82) is 0 Å². The van der Waals surface area contributed by atoms with E-state index in [0.717, 1.165) is 47.5 Å². The predicted molar refractivity (Wildman–Crippen MR) is 130 cm³/mol. The van der Waals surface area contributed by atoms with Gasteiger partial charge in [-0.15, -0.1) is 11.3 Å². The van der Waals surface area contributed by atoms with Gasteiger partial charge in [0.1, 0.15) is 17.6 Å². The number of fused-ring (bicyclic) bond motifs is 3. The molecule has 2 aliphatic rings. The zero-order valence-electron chi connectivity index (χ0n) is 19.7. The van der Waals surface area contributed by atoms with Crippen LogP contribution in [0.25, 0.3) is 0 Å². The van der Waals surface area contributed by atoms with Crippen LogP contribution in [0.4, 0.5) is 5.00 Å². The maximum Gasteiger partial charge on any atom is 0.328 e. The molecule has 2 aromatic rings. The Labute approximate surface area is 194 Å². The van der Waals surface area contributed by atoms with Crippen LogP contribution in [0.5, 0.6) is 0 Å². The van der Waals surface area contributed by atoms with Crippen molar-refractivity contribution in [2.45, 2.75) is 71.8 Å². The van der Waals surface area contributed by atoms with Gasteiger partial charge in [0.15, 0.2) is 0 Å². The SMILES string of the molecule is CCOC(=O)[C@@H](C)N1C(=O)CN=C(c2ccc(C(C)(C)C)cc2)c2c1sc1c2CCCC1. The highest BCUT2D eigenvalue weighted by molar-refractivity contribution is 7.17. The highest BCUT2D eigenvalue weighted by atomic mass is 32.1. The van der Waals surface area contributed by atoms with Crippen molar-refractivity contribution in [1.82, 2.24) is 0 Å². The van der Waals surface area contributed by atoms with Crippen LogP contribution in [-0.4, -0.2) is 36.8 Å². The third-order valence-electron chi connectivity index (χ3n) is 6.29. The van der Waals surface area contributed by atoms with Crippen LogP contribution in [0.3, 0.4) is 0 Å². The lowest BCUT2D eigenvalue weighted by atomic mass is 9.85. The van der Waals surface area contributed by atoms with E-state index in [-0.39, 0.29) is 23.8 Å². The Morgan fingerprint density at radius 2 is 1.88 bits per heavy atom. The zero-order valence-corrected chi connectivity index (χ0v) is 20.5. The standard InChI is InChI=1S/C26H32N2O3S/c1-6-31-25(30)16(2)28-21(29)15-27-23(17-11-13-18(14-12-17)26(3,4)5)22-19-9-7-8-10-20(19)32-24(22)28/h11-14,16H,6-10,15H2,1-5H3/t16-/m1/s1. The number of aryl methyl sites for hydroxylation is 1. The normalized spacial score (nSPS) is 17.2. The number of benzene rings is 1. The van der Waals surface area contributed by atoms with Crippen LogP contribution < -0.4 is 4.90 Å². The van der Waals surface area contributed by atoms with E-state index < -0.39 is 6.04 Å². The smallest absolute Gasteiger partial charge is 0.328 e. The third-order valence-corrected chi connectivity index (χ3v) is 7.58. The molecule has 1 amide bonds. The molecule has 1 aliphatic carbocycles. The third kappa shape index (κ3) is 4.13. The van der Waals surface area contributed by atoms with Crippen LogP contribution >= 0.6 is 11.3 Å². The van der Waals surface area contributed by atoms with Gasteiger partial charge in [-0.3, -0.25) is 14.7 Å². The summed E-state index contributed by atoms with van der Waals surface area (Å²) >= 11 is 1.65. The number of ether oxygens (including phenoxy) is 1. The van der Waals surface area contributed by atoms with Gasteiger partial charge in [0.05, 0.1) is 12.3 Å². The lowest BCUT2D eigenvalue weighted by Gasteiger charge is -2.26. The highest BCUT2D eigenvalue weighted by Gasteiger charge is 2.37. The average Bonchev–Trinajstić information content (AvgIpc) is 3.06. The number of carbonyl (C=O) groups is 2. The Morgan fingerprint density at radius 3 is 2.53 bits per heavy atom. The monoisotopic (exact) mass is 452 g/mol. The van der Waals surface area contributed by atoms with Crippen molar-refractivity contribution in [2.75, 3.05) is 18.1 Å². The minimum atomic E-state index is -0.681. The number of rotatable bonds is 4. The van der Waals surface area contributed by atoms with Gasteiger partial charge in [-0.25, -0.2) is 4.79 Å². The van der Waals surface area contributed by atoms with Gasteiger partial charge in [-0.2, -0.15) is 0 Å². The number of esters is 1. The molecule has 6 heteroatoms. The first kappa shape index (κ1) is 22.7. The Kier molecular flexibility index (Phi) is 6.26. The second-order valence-electron chi connectivity index (χ2n) is 9.57. The van der Waals surface area contributed by atoms with E-state index in [4.69, 9.17) is 9.73 Å². The molecule has 0 saturated carbocycles. The summed E-state index contributed by atoms with van der Waals surface area (Å²) in [5.41, 5.74) is 5.55. The number of aliphatic imine (C=N–C) groups is 1. The summed E-state index contributed by atoms with van der Waals surface area (Å²) in [4.78, 5) is 33.6. The molecular weight excluding hydrogens is 420 g/mol. The quantitative estimate of drug-likeness (QED) is 0.609. The van der Waals surface area contributed by atoms with Gasteiger partial charge >= 0.3 is 5.97 Å². The molecule has 1 aromatic heterocycles. The van der Waals surface area contributed by atoms with E-state index in [1.807, 2.05) is 0 Å². The van der Waals surface area contributed by atoms with Crippen LogP contribution in [0.1, 0.15) is 74.6 Å². The first-order valence-corrected chi connectivity index (χ1v) is 12.3. The number of hydrogen-bond donors (Lipinski definition) is 0. The Morgan fingerprint density at radius 1 is 1.19 bits per heavy atom. The summed E-state index contributed by atoms with van der Waals surface area (Å²) in [6.45, 7) is 10.5. The molecule has 4 rings (SSSR count). The molecule has 0 N–H and O–H groups in total. The molecule has 0 fully saturated rings. The van der Waals surface area contributed by atoms with Crippen LogP contribution in [0.2, 0.25) is 0 Å². The summed E-state index contributed by atoms with van der Waals surface area (Å²) in [6, 6.07) is 7.86. The molecular formula is C26H32N2O3S. The molecule has 0 saturated heterocycles. The van der Waals surface area contributed by atoms with Gasteiger partial charge in [-0.1, -0.05) is 45.0 Å². The molecule has 32 heavy (non-hydrogen) atoms. The molecule has 1 atom stereocenters. The van der Waals surface area contributed by atoms with Crippen molar-refractivity contribution >= 4 is 33.9 Å². The number of carbonyl (C=O) groups excluding carboxylic acids is 2. The number of anilines is 1. The summed E-state index contributed by atoms with van der Waals surface area (Å²) in [6.07, 6.45) is 4.28. The van der Waals surface area contributed by atoms with Crippen molar-refractivity contribution in [2.24, 2.45) is 4.99 Å². The molecule has 5 nitrogen and oxygen atoms in total. The molecule has 0 spiro atoms. The summed E-state index contributed by atoms with van der Waals surface area (Å²) in [5, 5.41) is 0.846. The second-order valence-corrected chi connectivity index (χ2v) is 10.7. The van der Waals surface area contributed by atoms with Crippen LogP contribution in [-0.2, 0) is 32.6 Å². The molecule has 0 unspecified atom stereocenters. The van der Waals surface area contributed by atoms with E-state index >= 15 is 0 Å². The van der Waals surface area contributed by atoms with Crippen LogP contribution in [0.15, 0.2) is 29.3 Å².